The maximum atomic E-state index is 3.70. The van der Waals surface area contributed by atoms with Crippen molar-refractivity contribution in [2.24, 2.45) is 0 Å². The first-order chi connectivity index (χ1) is 3.39. The van der Waals surface area contributed by atoms with E-state index >= 15 is 0 Å². The Labute approximate surface area is 43.0 Å². The van der Waals surface area contributed by atoms with Gasteiger partial charge in [0.25, 0.3) is 0 Å². The predicted molar refractivity (Wildman–Crippen MR) is 30.6 cm³/mol. The van der Waals surface area contributed by atoms with Crippen molar-refractivity contribution >= 4 is 0 Å². The van der Waals surface area contributed by atoms with Crippen LogP contribution >= 0.6 is 0 Å². The second kappa shape index (κ2) is 1.65. The van der Waals surface area contributed by atoms with Crippen LogP contribution < -0.4 is 5.32 Å². The number of dihydropyridines is 1. The SMILES string of the molecule is C=C1C=CNC=C1. The van der Waals surface area contributed by atoms with Crippen LogP contribution in [0, 0.1) is 0 Å². The lowest BCUT2D eigenvalue weighted by atomic mass is 10.3. The lowest BCUT2D eigenvalue weighted by Crippen LogP contribution is -1.95. The van der Waals surface area contributed by atoms with Gasteiger partial charge in [0, 0.05) is 12.4 Å². The van der Waals surface area contributed by atoms with Gasteiger partial charge in [0.05, 0.1) is 0 Å². The molecule has 0 atom stereocenters. The van der Waals surface area contributed by atoms with Crippen LogP contribution in [-0.2, 0) is 0 Å². The molecule has 0 bridgehead atoms. The lowest BCUT2D eigenvalue weighted by molar-refractivity contribution is 1.17. The molecule has 1 nitrogen and oxygen atoms in total. The van der Waals surface area contributed by atoms with E-state index in [9.17, 15) is 0 Å². The van der Waals surface area contributed by atoms with Crippen LogP contribution in [-0.4, -0.2) is 0 Å². The van der Waals surface area contributed by atoms with Crippen LogP contribution in [0.15, 0.2) is 36.7 Å². The molecule has 0 radical (unpaired) electrons. The van der Waals surface area contributed by atoms with Gasteiger partial charge in [0.1, 0.15) is 0 Å². The number of hydrogen-bond donors (Lipinski definition) is 1. The molecule has 0 saturated heterocycles. The third kappa shape index (κ3) is 0.929. The Morgan fingerprint density at radius 2 is 1.86 bits per heavy atom. The van der Waals surface area contributed by atoms with Crippen molar-refractivity contribution in [3.05, 3.63) is 36.7 Å². The maximum absolute atomic E-state index is 3.70. The third-order valence-corrected chi connectivity index (χ3v) is 0.787. The minimum Gasteiger partial charge on any atom is -0.368 e. The normalized spacial score (nSPS) is 16.9. The van der Waals surface area contributed by atoms with Crippen LogP contribution in [0.1, 0.15) is 0 Å². The molecular weight excluding hydrogens is 86.1 g/mol. The summed E-state index contributed by atoms with van der Waals surface area (Å²) in [6.45, 7) is 3.70. The highest BCUT2D eigenvalue weighted by atomic mass is 14.8. The van der Waals surface area contributed by atoms with E-state index in [0.717, 1.165) is 5.57 Å². The van der Waals surface area contributed by atoms with Crippen LogP contribution in [0.25, 0.3) is 0 Å². The molecule has 1 N–H and O–H groups in total. The molecule has 0 saturated carbocycles. The predicted octanol–water partition coefficient (Wildman–Crippen LogP) is 1.17. The van der Waals surface area contributed by atoms with Crippen molar-refractivity contribution in [2.45, 2.75) is 0 Å². The highest BCUT2D eigenvalue weighted by molar-refractivity contribution is 5.29. The molecule has 0 unspecified atom stereocenters. The summed E-state index contributed by atoms with van der Waals surface area (Å²) in [6.07, 6.45) is 7.53. The molecule has 1 heteroatoms. The summed E-state index contributed by atoms with van der Waals surface area (Å²) in [5.41, 5.74) is 1.04. The van der Waals surface area contributed by atoms with Gasteiger partial charge in [-0.2, -0.15) is 0 Å². The van der Waals surface area contributed by atoms with Gasteiger partial charge in [0.2, 0.25) is 0 Å². The van der Waals surface area contributed by atoms with E-state index in [1.54, 1.807) is 0 Å². The van der Waals surface area contributed by atoms with E-state index in [4.69, 9.17) is 0 Å². The summed E-state index contributed by atoms with van der Waals surface area (Å²) < 4.78 is 0. The lowest BCUT2D eigenvalue weighted by Gasteiger charge is -1.96. The largest absolute Gasteiger partial charge is 0.368 e. The highest BCUT2D eigenvalue weighted by Crippen LogP contribution is 1.95. The molecule has 0 aromatic heterocycles. The number of allylic oxidation sites excluding steroid dienone is 3. The Hall–Kier alpha value is -0.980. The minimum atomic E-state index is 1.04. The standard InChI is InChI=1S/C6H7N/c1-6-2-4-7-5-3-6/h2-5,7H,1H2. The molecular formula is C6H7N. The first-order valence-electron chi connectivity index (χ1n) is 2.17. The van der Waals surface area contributed by atoms with Gasteiger partial charge >= 0.3 is 0 Å². The second-order valence-corrected chi connectivity index (χ2v) is 1.41. The highest BCUT2D eigenvalue weighted by Gasteiger charge is 1.81. The van der Waals surface area contributed by atoms with Crippen molar-refractivity contribution < 1.29 is 0 Å². The van der Waals surface area contributed by atoms with Gasteiger partial charge in [-0.05, 0) is 17.7 Å². The Morgan fingerprint density at radius 3 is 2.14 bits per heavy atom. The zero-order valence-corrected chi connectivity index (χ0v) is 4.02. The van der Waals surface area contributed by atoms with E-state index in [0.29, 0.717) is 0 Å². The Kier molecular flexibility index (Phi) is 0.984. The first kappa shape index (κ1) is 4.19. The fourth-order valence-electron chi connectivity index (χ4n) is 0.421. The summed E-state index contributed by atoms with van der Waals surface area (Å²) in [4.78, 5) is 0. The molecule has 0 fully saturated rings. The zero-order chi connectivity index (χ0) is 5.11. The Bertz CT molecular complexity index is 117. The number of hydrogen-bond acceptors (Lipinski definition) is 1. The summed E-state index contributed by atoms with van der Waals surface area (Å²) in [6, 6.07) is 0. The molecule has 7 heavy (non-hydrogen) atoms. The van der Waals surface area contributed by atoms with Crippen LogP contribution in [0.2, 0.25) is 0 Å². The average molecular weight is 93.1 g/mol. The Morgan fingerprint density at radius 1 is 1.29 bits per heavy atom. The molecule has 36 valence electrons. The molecule has 1 heterocycles. The van der Waals surface area contributed by atoms with E-state index in [1.165, 1.54) is 0 Å². The summed E-state index contributed by atoms with van der Waals surface area (Å²) in [5, 5.41) is 2.89. The number of rotatable bonds is 0. The molecule has 0 spiro atoms. The molecule has 0 aromatic rings. The van der Waals surface area contributed by atoms with Gasteiger partial charge in [-0.25, -0.2) is 0 Å². The summed E-state index contributed by atoms with van der Waals surface area (Å²) in [5.74, 6) is 0. The Balaban J connectivity index is 2.66. The van der Waals surface area contributed by atoms with E-state index in [2.05, 4.69) is 11.9 Å². The van der Waals surface area contributed by atoms with E-state index in [1.807, 2.05) is 24.6 Å². The number of nitrogens with one attached hydrogen (secondary N) is 1. The van der Waals surface area contributed by atoms with Gasteiger partial charge in [-0.15, -0.1) is 0 Å². The van der Waals surface area contributed by atoms with Crippen molar-refractivity contribution in [2.75, 3.05) is 0 Å². The van der Waals surface area contributed by atoms with Gasteiger partial charge < -0.3 is 5.32 Å². The van der Waals surface area contributed by atoms with Crippen LogP contribution in [0.3, 0.4) is 0 Å². The first-order valence-corrected chi connectivity index (χ1v) is 2.17. The minimum absolute atomic E-state index is 1.04. The molecule has 0 aliphatic carbocycles. The van der Waals surface area contributed by atoms with Gasteiger partial charge in [0.15, 0.2) is 0 Å². The zero-order valence-electron chi connectivity index (χ0n) is 4.02. The maximum Gasteiger partial charge on any atom is 0.00102 e. The van der Waals surface area contributed by atoms with E-state index in [-0.39, 0.29) is 0 Å². The quantitative estimate of drug-likeness (QED) is 0.474. The van der Waals surface area contributed by atoms with Crippen molar-refractivity contribution in [1.29, 1.82) is 0 Å². The fraction of sp³-hybridized carbons (Fsp3) is 0. The van der Waals surface area contributed by atoms with Crippen molar-refractivity contribution in [3.63, 3.8) is 0 Å². The van der Waals surface area contributed by atoms with Gasteiger partial charge in [-0.1, -0.05) is 6.58 Å². The molecule has 0 aromatic carbocycles. The summed E-state index contributed by atoms with van der Waals surface area (Å²) in [7, 11) is 0. The average Bonchev–Trinajstić information content (AvgIpc) is 1.69. The molecule has 0 amide bonds. The smallest absolute Gasteiger partial charge is 0.00102 e. The fourth-order valence-corrected chi connectivity index (χ4v) is 0.421. The monoisotopic (exact) mass is 93.1 g/mol. The van der Waals surface area contributed by atoms with Crippen LogP contribution in [0.4, 0.5) is 0 Å². The topological polar surface area (TPSA) is 12.0 Å². The van der Waals surface area contributed by atoms with E-state index < -0.39 is 0 Å². The van der Waals surface area contributed by atoms with Crippen molar-refractivity contribution in [3.8, 4) is 0 Å². The summed E-state index contributed by atoms with van der Waals surface area (Å²) >= 11 is 0. The third-order valence-electron chi connectivity index (χ3n) is 0.787. The second-order valence-electron chi connectivity index (χ2n) is 1.41. The van der Waals surface area contributed by atoms with Crippen molar-refractivity contribution in [1.82, 2.24) is 5.32 Å². The van der Waals surface area contributed by atoms with Crippen LogP contribution in [0.5, 0.6) is 0 Å². The molecule has 1 rings (SSSR count). The molecule has 1 aliphatic heterocycles. The van der Waals surface area contributed by atoms with Gasteiger partial charge in [-0.3, -0.25) is 0 Å². The molecule has 1 aliphatic rings.